The third-order valence-electron chi connectivity index (χ3n) is 9.87. The number of thioether (sulfide) groups is 1. The van der Waals surface area contributed by atoms with Crippen LogP contribution in [-0.4, -0.2) is 39.9 Å². The van der Waals surface area contributed by atoms with E-state index in [4.69, 9.17) is 23.9 Å². The number of benzene rings is 5. The predicted molar refractivity (Wildman–Crippen MR) is 214 cm³/mol. The van der Waals surface area contributed by atoms with Gasteiger partial charge in [-0.05, 0) is 39.9 Å². The summed E-state index contributed by atoms with van der Waals surface area (Å²) in [5.41, 5.74) is 6.62. The molecule has 1 aliphatic heterocycles. The molecule has 1 saturated heterocycles. The van der Waals surface area contributed by atoms with Crippen LogP contribution < -0.4 is 5.56 Å². The Kier molecular flexibility index (Phi) is 10.2. The summed E-state index contributed by atoms with van der Waals surface area (Å²) in [5.74, 6) is 0. The van der Waals surface area contributed by atoms with Gasteiger partial charge in [0.1, 0.15) is 28.6 Å². The normalized spacial score (nSPS) is 18.9. The quantitative estimate of drug-likeness (QED) is 0.109. The first-order valence-corrected chi connectivity index (χ1v) is 19.9. The Morgan fingerprint density at radius 1 is 0.704 bits per heavy atom. The number of fused-ring (bicyclic) bond motifs is 5. The molecule has 0 unspecified atom stereocenters. The van der Waals surface area contributed by atoms with Crippen molar-refractivity contribution >= 4 is 33.3 Å². The average molecular weight is 751 g/mol. The first-order valence-electron chi connectivity index (χ1n) is 18.2. The summed E-state index contributed by atoms with van der Waals surface area (Å²) >= 11 is 3.01. The maximum absolute atomic E-state index is 14.8. The number of nitrogens with zero attached hydrogens (tertiary/aromatic N) is 2. The van der Waals surface area contributed by atoms with Crippen molar-refractivity contribution in [3.8, 4) is 16.8 Å². The smallest absolute Gasteiger partial charge is 0.268 e. The Morgan fingerprint density at radius 2 is 1.28 bits per heavy atom. The van der Waals surface area contributed by atoms with Gasteiger partial charge in [0, 0.05) is 16.9 Å². The molecule has 0 radical (unpaired) electrons. The van der Waals surface area contributed by atoms with Crippen LogP contribution in [0, 0.1) is 0 Å². The number of thiophene rings is 1. The monoisotopic (exact) mass is 750 g/mol. The Balaban J connectivity index is 1.10. The molecule has 0 spiro atoms. The van der Waals surface area contributed by atoms with Crippen molar-refractivity contribution in [1.29, 1.82) is 0 Å². The third-order valence-corrected chi connectivity index (χ3v) is 12.1. The van der Waals surface area contributed by atoms with E-state index in [1.165, 1.54) is 22.2 Å². The largest absolute Gasteiger partial charge is 0.374 e. The van der Waals surface area contributed by atoms with Gasteiger partial charge in [0.25, 0.3) is 5.56 Å². The van der Waals surface area contributed by atoms with Crippen LogP contribution in [0.15, 0.2) is 156 Å². The van der Waals surface area contributed by atoms with Crippen LogP contribution in [0.5, 0.6) is 0 Å². The van der Waals surface area contributed by atoms with Crippen molar-refractivity contribution in [2.45, 2.75) is 55.1 Å². The fourth-order valence-corrected chi connectivity index (χ4v) is 9.73. The number of hydrogen-bond donors (Lipinski definition) is 0. The number of ether oxygens (including phenoxy) is 4. The van der Waals surface area contributed by atoms with Gasteiger partial charge in [-0.1, -0.05) is 145 Å². The van der Waals surface area contributed by atoms with E-state index >= 15 is 0 Å². The summed E-state index contributed by atoms with van der Waals surface area (Å²) in [7, 11) is 0. The summed E-state index contributed by atoms with van der Waals surface area (Å²) < 4.78 is 28.4. The lowest BCUT2D eigenvalue weighted by atomic mass is 10.1. The fraction of sp³-hybridized carbons (Fsp3) is 0.200. The summed E-state index contributed by atoms with van der Waals surface area (Å²) in [6, 6.07) is 48.4. The van der Waals surface area contributed by atoms with E-state index in [1.807, 2.05) is 103 Å². The van der Waals surface area contributed by atoms with Gasteiger partial charge in [-0.25, -0.2) is 4.98 Å². The fourth-order valence-electron chi connectivity index (χ4n) is 7.26. The van der Waals surface area contributed by atoms with Crippen LogP contribution in [0.3, 0.4) is 0 Å². The van der Waals surface area contributed by atoms with E-state index < -0.39 is 23.7 Å². The van der Waals surface area contributed by atoms with Crippen LogP contribution in [0.1, 0.15) is 27.1 Å². The topological polar surface area (TPSA) is 71.8 Å². The molecule has 1 aliphatic carbocycles. The standard InChI is InChI=1S/C45H38N2O5S2/c48-43-39-38-35-24-14-13-21-33(35)25-37(38)53-42(39)46-45(47(43)34-22-11-4-12-23-34)54-44-41(51-28-32-19-9-3-10-20-32)40(50-27-31-17-7-2-8-18-31)36(52-44)29-49-26-30-15-5-1-6-16-30/h1-24,36,40-41,44H,25-29H2/t36-,40-,41-,44+/m1/s1. The summed E-state index contributed by atoms with van der Waals surface area (Å²) in [4.78, 5) is 22.0. The lowest BCUT2D eigenvalue weighted by Gasteiger charge is -2.25. The van der Waals surface area contributed by atoms with E-state index in [0.717, 1.165) is 44.8 Å². The van der Waals surface area contributed by atoms with Gasteiger partial charge in [-0.2, -0.15) is 0 Å². The van der Waals surface area contributed by atoms with Gasteiger partial charge < -0.3 is 18.9 Å². The molecule has 7 nitrogen and oxygen atoms in total. The van der Waals surface area contributed by atoms with Crippen molar-refractivity contribution in [3.63, 3.8) is 0 Å². The Hall–Kier alpha value is -4.87. The highest BCUT2D eigenvalue weighted by Crippen LogP contribution is 2.46. The molecule has 270 valence electrons. The highest BCUT2D eigenvalue weighted by atomic mass is 32.2. The van der Waals surface area contributed by atoms with Crippen LogP contribution >= 0.6 is 23.1 Å². The van der Waals surface area contributed by atoms with Crippen LogP contribution in [-0.2, 0) is 45.2 Å². The van der Waals surface area contributed by atoms with Gasteiger partial charge in [0.2, 0.25) is 0 Å². The Morgan fingerprint density at radius 3 is 1.94 bits per heavy atom. The molecular formula is C45H38N2O5S2. The van der Waals surface area contributed by atoms with E-state index in [2.05, 4.69) is 42.5 Å². The van der Waals surface area contributed by atoms with Gasteiger partial charge in [-0.15, -0.1) is 11.3 Å². The molecule has 5 aromatic carbocycles. The van der Waals surface area contributed by atoms with Crippen LogP contribution in [0.25, 0.3) is 27.0 Å². The second kappa shape index (κ2) is 15.8. The first-order chi connectivity index (χ1) is 26.7. The lowest BCUT2D eigenvalue weighted by Crippen LogP contribution is -2.38. The molecule has 0 N–H and O–H groups in total. The minimum absolute atomic E-state index is 0.0951. The molecule has 4 atom stereocenters. The predicted octanol–water partition coefficient (Wildman–Crippen LogP) is 9.22. The first kappa shape index (κ1) is 34.9. The molecule has 1 fully saturated rings. The van der Waals surface area contributed by atoms with Crippen molar-refractivity contribution < 1.29 is 18.9 Å². The average Bonchev–Trinajstić information content (AvgIpc) is 3.87. The molecule has 2 aromatic heterocycles. The molecule has 9 rings (SSSR count). The second-order valence-electron chi connectivity index (χ2n) is 13.5. The molecular weight excluding hydrogens is 713 g/mol. The molecule has 2 aliphatic rings. The molecule has 0 amide bonds. The third kappa shape index (κ3) is 7.19. The van der Waals surface area contributed by atoms with Crippen LogP contribution in [0.4, 0.5) is 0 Å². The molecule has 7 aromatic rings. The number of para-hydroxylation sites is 1. The van der Waals surface area contributed by atoms with E-state index in [0.29, 0.717) is 37.0 Å². The molecule has 0 saturated carbocycles. The van der Waals surface area contributed by atoms with Crippen molar-refractivity contribution in [1.82, 2.24) is 9.55 Å². The van der Waals surface area contributed by atoms with Gasteiger partial charge in [0.05, 0.1) is 37.5 Å². The zero-order valence-corrected chi connectivity index (χ0v) is 31.1. The molecule has 54 heavy (non-hydrogen) atoms. The Bertz CT molecular complexity index is 2400. The van der Waals surface area contributed by atoms with Crippen molar-refractivity contribution in [3.05, 3.63) is 183 Å². The Labute approximate surface area is 322 Å². The van der Waals surface area contributed by atoms with Crippen molar-refractivity contribution in [2.24, 2.45) is 0 Å². The maximum atomic E-state index is 14.8. The maximum Gasteiger partial charge on any atom is 0.268 e. The molecule has 9 heteroatoms. The van der Waals surface area contributed by atoms with Gasteiger partial charge >= 0.3 is 0 Å². The highest BCUT2D eigenvalue weighted by molar-refractivity contribution is 7.99. The van der Waals surface area contributed by atoms with Crippen molar-refractivity contribution in [2.75, 3.05) is 6.61 Å². The SMILES string of the molecule is O=c1c2c3c(sc2nc(S[C@@H]2O[C@H](COCc4ccccc4)[C@@H](OCc4ccccc4)[C@H]2OCc2ccccc2)n1-c1ccccc1)Cc1ccccc1-3. The zero-order valence-electron chi connectivity index (χ0n) is 29.5. The van der Waals surface area contributed by atoms with Crippen LogP contribution in [0.2, 0.25) is 0 Å². The molecule has 3 heterocycles. The highest BCUT2D eigenvalue weighted by Gasteiger charge is 2.48. The zero-order chi connectivity index (χ0) is 36.3. The summed E-state index contributed by atoms with van der Waals surface area (Å²) in [6.07, 6.45) is -0.629. The molecule has 0 bridgehead atoms. The van der Waals surface area contributed by atoms with Gasteiger partial charge in [-0.3, -0.25) is 9.36 Å². The number of hydrogen-bond acceptors (Lipinski definition) is 8. The van der Waals surface area contributed by atoms with E-state index in [9.17, 15) is 4.79 Å². The number of aromatic nitrogens is 2. The van der Waals surface area contributed by atoms with Gasteiger partial charge in [0.15, 0.2) is 5.16 Å². The minimum Gasteiger partial charge on any atom is -0.374 e. The second-order valence-corrected chi connectivity index (χ2v) is 15.6. The van der Waals surface area contributed by atoms with E-state index in [1.54, 1.807) is 15.9 Å². The summed E-state index contributed by atoms with van der Waals surface area (Å²) in [5, 5.41) is 1.20. The number of rotatable bonds is 13. The summed E-state index contributed by atoms with van der Waals surface area (Å²) in [6.45, 7) is 1.49. The minimum atomic E-state index is -0.563. The lowest BCUT2D eigenvalue weighted by molar-refractivity contribution is -0.0896. The van der Waals surface area contributed by atoms with E-state index in [-0.39, 0.29) is 5.56 Å².